The molecule has 6 heteroatoms. The number of hydrogen-bond acceptors (Lipinski definition) is 4. The van der Waals surface area contributed by atoms with Crippen LogP contribution in [0.3, 0.4) is 0 Å². The number of aryl methyl sites for hydroxylation is 1. The van der Waals surface area contributed by atoms with Gasteiger partial charge in [0.1, 0.15) is 0 Å². The lowest BCUT2D eigenvalue weighted by Crippen LogP contribution is -2.48. The van der Waals surface area contributed by atoms with E-state index in [-0.39, 0.29) is 17.6 Å². The molecule has 6 nitrogen and oxygen atoms in total. The van der Waals surface area contributed by atoms with Crippen molar-refractivity contribution in [2.24, 2.45) is 0 Å². The van der Waals surface area contributed by atoms with Crippen LogP contribution in [0.15, 0.2) is 18.2 Å². The van der Waals surface area contributed by atoms with E-state index >= 15 is 0 Å². The first kappa shape index (κ1) is 15.4. The van der Waals surface area contributed by atoms with E-state index in [0.29, 0.717) is 17.7 Å². The van der Waals surface area contributed by atoms with Crippen molar-refractivity contribution in [1.82, 2.24) is 4.90 Å². The first-order chi connectivity index (χ1) is 9.71. The second-order valence-corrected chi connectivity index (χ2v) is 6.07. The van der Waals surface area contributed by atoms with Gasteiger partial charge >= 0.3 is 0 Å². The molecule has 1 heterocycles. The van der Waals surface area contributed by atoms with Crippen LogP contribution in [0.5, 0.6) is 0 Å². The third kappa shape index (κ3) is 3.05. The maximum Gasteiger partial charge on any atom is 0.270 e. The van der Waals surface area contributed by atoms with Gasteiger partial charge in [-0.25, -0.2) is 0 Å². The lowest BCUT2D eigenvalue weighted by molar-refractivity contribution is -0.384. The predicted octanol–water partition coefficient (Wildman–Crippen LogP) is 2.28. The van der Waals surface area contributed by atoms with Crippen LogP contribution in [-0.4, -0.2) is 39.0 Å². The van der Waals surface area contributed by atoms with Crippen molar-refractivity contribution in [2.75, 3.05) is 6.54 Å². The summed E-state index contributed by atoms with van der Waals surface area (Å²) in [5.41, 5.74) is -0.0452. The molecule has 1 fully saturated rings. The topological polar surface area (TPSA) is 83.7 Å². The molecule has 1 atom stereocenters. The summed E-state index contributed by atoms with van der Waals surface area (Å²) in [6, 6.07) is 4.03. The third-order valence-corrected chi connectivity index (χ3v) is 3.99. The van der Waals surface area contributed by atoms with E-state index < -0.39 is 10.5 Å². The number of hydrogen-bond donors (Lipinski definition) is 1. The van der Waals surface area contributed by atoms with E-state index in [1.165, 1.54) is 12.1 Å². The van der Waals surface area contributed by atoms with E-state index in [4.69, 9.17) is 0 Å². The van der Waals surface area contributed by atoms with Gasteiger partial charge in [-0.2, -0.15) is 0 Å². The quantitative estimate of drug-likeness (QED) is 0.684. The molecule has 0 radical (unpaired) electrons. The summed E-state index contributed by atoms with van der Waals surface area (Å²) in [6.45, 7) is 5.69. The zero-order chi connectivity index (χ0) is 15.8. The molecule has 1 aromatic carbocycles. The van der Waals surface area contributed by atoms with Crippen molar-refractivity contribution in [3.8, 4) is 0 Å². The Balaban J connectivity index is 2.36. The average Bonchev–Trinajstić information content (AvgIpc) is 2.87. The monoisotopic (exact) mass is 292 g/mol. The first-order valence-corrected chi connectivity index (χ1v) is 7.00. The second kappa shape index (κ2) is 5.44. The lowest BCUT2D eigenvalue weighted by atomic mass is 9.96. The van der Waals surface area contributed by atoms with Gasteiger partial charge in [0.15, 0.2) is 0 Å². The maximum atomic E-state index is 12.7. The number of nitro benzene ring substituents is 1. The molecule has 21 heavy (non-hydrogen) atoms. The smallest absolute Gasteiger partial charge is 0.270 e. The molecule has 1 aliphatic rings. The molecule has 114 valence electrons. The largest absolute Gasteiger partial charge is 0.388 e. The summed E-state index contributed by atoms with van der Waals surface area (Å²) < 4.78 is 0. The lowest BCUT2D eigenvalue weighted by Gasteiger charge is -2.34. The molecule has 1 aromatic rings. The molecule has 1 amide bonds. The van der Waals surface area contributed by atoms with Crippen LogP contribution in [0, 0.1) is 17.0 Å². The van der Waals surface area contributed by atoms with Crippen LogP contribution in [0.2, 0.25) is 0 Å². The van der Waals surface area contributed by atoms with Gasteiger partial charge in [-0.3, -0.25) is 14.9 Å². The molecule has 0 saturated carbocycles. The fourth-order valence-corrected chi connectivity index (χ4v) is 2.85. The highest BCUT2D eigenvalue weighted by atomic mass is 16.6. The SMILES string of the molecule is Cc1ccc([N+](=O)[O-])cc1C(=O)N1CCCC1C(C)(C)O. The van der Waals surface area contributed by atoms with Crippen LogP contribution >= 0.6 is 0 Å². The van der Waals surface area contributed by atoms with Gasteiger partial charge in [0, 0.05) is 24.2 Å². The van der Waals surface area contributed by atoms with E-state index in [1.54, 1.807) is 31.7 Å². The molecule has 1 aliphatic heterocycles. The van der Waals surface area contributed by atoms with Crippen molar-refractivity contribution in [3.63, 3.8) is 0 Å². The number of nitro groups is 1. The number of carbonyl (C=O) groups excluding carboxylic acids is 1. The highest BCUT2D eigenvalue weighted by molar-refractivity contribution is 5.96. The summed E-state index contributed by atoms with van der Waals surface area (Å²) >= 11 is 0. The van der Waals surface area contributed by atoms with Crippen LogP contribution in [0.25, 0.3) is 0 Å². The molecule has 0 aliphatic carbocycles. The normalized spacial score (nSPS) is 18.9. The van der Waals surface area contributed by atoms with Gasteiger partial charge in [0.05, 0.1) is 16.6 Å². The van der Waals surface area contributed by atoms with Crippen LogP contribution in [-0.2, 0) is 0 Å². The molecule has 1 unspecified atom stereocenters. The van der Waals surface area contributed by atoms with E-state index in [0.717, 1.165) is 12.8 Å². The van der Waals surface area contributed by atoms with Gasteiger partial charge < -0.3 is 10.0 Å². The first-order valence-electron chi connectivity index (χ1n) is 7.00. The Hall–Kier alpha value is -1.95. The maximum absolute atomic E-state index is 12.7. The van der Waals surface area contributed by atoms with Crippen LogP contribution in [0.4, 0.5) is 5.69 Å². The fourth-order valence-electron chi connectivity index (χ4n) is 2.85. The number of aliphatic hydroxyl groups is 1. The summed E-state index contributed by atoms with van der Waals surface area (Å²) in [6.07, 6.45) is 1.57. The highest BCUT2D eigenvalue weighted by Crippen LogP contribution is 2.29. The minimum atomic E-state index is -0.985. The highest BCUT2D eigenvalue weighted by Gasteiger charge is 2.39. The van der Waals surface area contributed by atoms with Gasteiger partial charge in [-0.1, -0.05) is 6.07 Å². The standard InChI is InChI=1S/C15H20N2O4/c1-10-6-7-11(17(20)21)9-12(10)14(18)16-8-4-5-13(16)15(2,3)19/h6-7,9,13,19H,4-5,8H2,1-3H3. The van der Waals surface area contributed by atoms with Crippen molar-refractivity contribution in [3.05, 3.63) is 39.4 Å². The second-order valence-electron chi connectivity index (χ2n) is 6.07. The molecule has 0 bridgehead atoms. The number of likely N-dealkylation sites (tertiary alicyclic amines) is 1. The van der Waals surface area contributed by atoms with Gasteiger partial charge in [-0.15, -0.1) is 0 Å². The van der Waals surface area contributed by atoms with Gasteiger partial charge in [0.25, 0.3) is 11.6 Å². The van der Waals surface area contributed by atoms with Crippen LogP contribution < -0.4 is 0 Å². The molecule has 1 saturated heterocycles. The number of rotatable bonds is 3. The van der Waals surface area contributed by atoms with Gasteiger partial charge in [-0.05, 0) is 39.2 Å². The number of carbonyl (C=O) groups is 1. The molecule has 0 aromatic heterocycles. The molecule has 2 rings (SSSR count). The fraction of sp³-hybridized carbons (Fsp3) is 0.533. The Morgan fingerprint density at radius 3 is 2.71 bits per heavy atom. The Labute approximate surface area is 123 Å². The van der Waals surface area contributed by atoms with E-state index in [9.17, 15) is 20.0 Å². The molecule has 1 N–H and O–H groups in total. The average molecular weight is 292 g/mol. The van der Waals surface area contributed by atoms with Crippen molar-refractivity contribution >= 4 is 11.6 Å². The number of benzene rings is 1. The molecular formula is C15H20N2O4. The number of nitrogens with zero attached hydrogens (tertiary/aromatic N) is 2. The van der Waals surface area contributed by atoms with Crippen molar-refractivity contribution < 1.29 is 14.8 Å². The minimum absolute atomic E-state index is 0.0945. The molecule has 0 spiro atoms. The van der Waals surface area contributed by atoms with Crippen LogP contribution in [0.1, 0.15) is 42.6 Å². The predicted molar refractivity (Wildman–Crippen MR) is 78.2 cm³/mol. The van der Waals surface area contributed by atoms with Gasteiger partial charge in [0.2, 0.25) is 0 Å². The summed E-state index contributed by atoms with van der Waals surface area (Å²) in [5.74, 6) is -0.249. The minimum Gasteiger partial charge on any atom is -0.388 e. The zero-order valence-corrected chi connectivity index (χ0v) is 12.5. The van der Waals surface area contributed by atoms with Crippen molar-refractivity contribution in [2.45, 2.75) is 45.3 Å². The summed E-state index contributed by atoms with van der Waals surface area (Å²) in [4.78, 5) is 24.7. The Kier molecular flexibility index (Phi) is 4.00. The Morgan fingerprint density at radius 1 is 1.48 bits per heavy atom. The van der Waals surface area contributed by atoms with E-state index in [2.05, 4.69) is 0 Å². The zero-order valence-electron chi connectivity index (χ0n) is 12.5. The Morgan fingerprint density at radius 2 is 2.14 bits per heavy atom. The molecular weight excluding hydrogens is 272 g/mol. The third-order valence-electron chi connectivity index (χ3n) is 3.99. The Bertz CT molecular complexity index is 578. The number of non-ortho nitro benzene ring substituents is 1. The van der Waals surface area contributed by atoms with Crippen molar-refractivity contribution in [1.29, 1.82) is 0 Å². The summed E-state index contributed by atoms with van der Waals surface area (Å²) in [7, 11) is 0. The van der Waals surface area contributed by atoms with E-state index in [1.807, 2.05) is 0 Å². The number of amides is 1. The summed E-state index contributed by atoms with van der Waals surface area (Å²) in [5, 5.41) is 21.1.